The molecule has 138 valence electrons. The fourth-order valence-electron chi connectivity index (χ4n) is 4.36. The molecular formula is C20H30N2O3. The largest absolute Gasteiger partial charge is 0.395 e. The van der Waals surface area contributed by atoms with Crippen molar-refractivity contribution in [2.75, 3.05) is 26.3 Å². The molecule has 5 nitrogen and oxygen atoms in total. The topological polar surface area (TPSA) is 72.8 Å². The highest BCUT2D eigenvalue weighted by Crippen LogP contribution is 2.41. The Balaban J connectivity index is 1.78. The third-order valence-corrected chi connectivity index (χ3v) is 5.73. The van der Waals surface area contributed by atoms with E-state index in [-0.39, 0.29) is 31.7 Å². The van der Waals surface area contributed by atoms with E-state index in [4.69, 9.17) is 0 Å². The van der Waals surface area contributed by atoms with Crippen molar-refractivity contribution < 1.29 is 15.0 Å². The van der Waals surface area contributed by atoms with Crippen LogP contribution in [0.3, 0.4) is 0 Å². The Morgan fingerprint density at radius 2 is 1.88 bits per heavy atom. The standard InChI is InChI=1S/C20H30N2O3/c23-13-17(14-24)21-12-19(25)22-11-10-15-6-4-5-9-18(15)20(22)16-7-2-1-3-8-16/h4-6,9,16-17,20-21,23-24H,1-3,7-8,10-14H2. The molecule has 0 saturated heterocycles. The molecule has 0 spiro atoms. The van der Waals surface area contributed by atoms with Crippen LogP contribution in [0.5, 0.6) is 0 Å². The van der Waals surface area contributed by atoms with E-state index >= 15 is 0 Å². The minimum Gasteiger partial charge on any atom is -0.395 e. The zero-order valence-corrected chi connectivity index (χ0v) is 14.9. The van der Waals surface area contributed by atoms with Crippen LogP contribution in [-0.4, -0.2) is 53.4 Å². The Morgan fingerprint density at radius 3 is 2.60 bits per heavy atom. The number of aliphatic hydroxyl groups is 2. The summed E-state index contributed by atoms with van der Waals surface area (Å²) in [5, 5.41) is 21.3. The van der Waals surface area contributed by atoms with E-state index in [1.807, 2.05) is 4.90 Å². The highest BCUT2D eigenvalue weighted by molar-refractivity contribution is 5.79. The lowest BCUT2D eigenvalue weighted by molar-refractivity contribution is -0.135. The Morgan fingerprint density at radius 1 is 1.16 bits per heavy atom. The van der Waals surface area contributed by atoms with Gasteiger partial charge in [0, 0.05) is 6.54 Å². The highest BCUT2D eigenvalue weighted by atomic mass is 16.3. The van der Waals surface area contributed by atoms with Crippen LogP contribution in [0.2, 0.25) is 0 Å². The van der Waals surface area contributed by atoms with Gasteiger partial charge in [0.2, 0.25) is 5.91 Å². The Hall–Kier alpha value is -1.43. The van der Waals surface area contributed by atoms with Crippen LogP contribution in [-0.2, 0) is 11.2 Å². The zero-order valence-electron chi connectivity index (χ0n) is 14.9. The molecular weight excluding hydrogens is 316 g/mol. The monoisotopic (exact) mass is 346 g/mol. The van der Waals surface area contributed by atoms with Crippen molar-refractivity contribution in [2.24, 2.45) is 5.92 Å². The van der Waals surface area contributed by atoms with Gasteiger partial charge in [-0.1, -0.05) is 43.5 Å². The first-order valence-corrected chi connectivity index (χ1v) is 9.57. The summed E-state index contributed by atoms with van der Waals surface area (Å²) in [6, 6.07) is 8.28. The molecule has 0 aromatic heterocycles. The zero-order chi connectivity index (χ0) is 17.6. The molecule has 1 aliphatic heterocycles. The number of aliphatic hydroxyl groups excluding tert-OH is 2. The van der Waals surface area contributed by atoms with Gasteiger partial charge in [0.1, 0.15) is 0 Å². The van der Waals surface area contributed by atoms with Crippen molar-refractivity contribution in [2.45, 2.75) is 50.6 Å². The van der Waals surface area contributed by atoms with E-state index in [1.54, 1.807) is 0 Å². The minimum absolute atomic E-state index is 0.0666. The SMILES string of the molecule is O=C(CNC(CO)CO)N1CCc2ccccc2C1C1CCCCC1. The lowest BCUT2D eigenvalue weighted by Crippen LogP contribution is -2.49. The average Bonchev–Trinajstić information content (AvgIpc) is 2.68. The molecule has 1 saturated carbocycles. The molecule has 3 rings (SSSR count). The predicted molar refractivity (Wildman–Crippen MR) is 97.1 cm³/mol. The van der Waals surface area contributed by atoms with Crippen LogP contribution >= 0.6 is 0 Å². The maximum Gasteiger partial charge on any atom is 0.237 e. The summed E-state index contributed by atoms with van der Waals surface area (Å²) >= 11 is 0. The molecule has 3 N–H and O–H groups in total. The highest BCUT2D eigenvalue weighted by Gasteiger charge is 2.36. The number of hydrogen-bond donors (Lipinski definition) is 3. The second-order valence-corrected chi connectivity index (χ2v) is 7.32. The molecule has 1 unspecified atom stereocenters. The lowest BCUT2D eigenvalue weighted by atomic mass is 9.77. The maximum atomic E-state index is 12.9. The van der Waals surface area contributed by atoms with E-state index in [0.29, 0.717) is 5.92 Å². The molecule has 5 heteroatoms. The summed E-state index contributed by atoms with van der Waals surface area (Å²) in [7, 11) is 0. The van der Waals surface area contributed by atoms with Gasteiger partial charge in [0.15, 0.2) is 0 Å². The first-order valence-electron chi connectivity index (χ1n) is 9.57. The van der Waals surface area contributed by atoms with E-state index in [9.17, 15) is 15.0 Å². The number of nitrogens with zero attached hydrogens (tertiary/aromatic N) is 1. The number of carbonyl (C=O) groups excluding carboxylic acids is 1. The normalized spacial score (nSPS) is 21.4. The van der Waals surface area contributed by atoms with Gasteiger partial charge in [-0.15, -0.1) is 0 Å². The van der Waals surface area contributed by atoms with Gasteiger partial charge in [0.25, 0.3) is 0 Å². The number of fused-ring (bicyclic) bond motifs is 1. The first-order chi connectivity index (χ1) is 12.2. The molecule has 1 aromatic rings. The number of benzene rings is 1. The second-order valence-electron chi connectivity index (χ2n) is 7.32. The maximum absolute atomic E-state index is 12.9. The summed E-state index contributed by atoms with van der Waals surface area (Å²) in [6.45, 7) is 0.579. The summed E-state index contributed by atoms with van der Waals surface area (Å²) in [5.41, 5.74) is 2.69. The van der Waals surface area contributed by atoms with Crippen molar-refractivity contribution in [1.29, 1.82) is 0 Å². The predicted octanol–water partition coefficient (Wildman–Crippen LogP) is 1.64. The van der Waals surface area contributed by atoms with E-state index in [2.05, 4.69) is 29.6 Å². The van der Waals surface area contributed by atoms with Crippen molar-refractivity contribution in [3.05, 3.63) is 35.4 Å². The Bertz CT molecular complexity index is 568. The molecule has 2 aliphatic rings. The molecule has 25 heavy (non-hydrogen) atoms. The van der Waals surface area contributed by atoms with Gasteiger partial charge in [-0.3, -0.25) is 4.79 Å². The van der Waals surface area contributed by atoms with Crippen LogP contribution in [0, 0.1) is 5.92 Å². The summed E-state index contributed by atoms with van der Waals surface area (Å²) in [5.74, 6) is 0.600. The summed E-state index contributed by atoms with van der Waals surface area (Å²) in [4.78, 5) is 14.9. The van der Waals surface area contributed by atoms with Crippen LogP contribution in [0.4, 0.5) is 0 Å². The Kier molecular flexibility index (Phi) is 6.45. The van der Waals surface area contributed by atoms with Crippen LogP contribution in [0.1, 0.15) is 49.3 Å². The van der Waals surface area contributed by atoms with E-state index in [1.165, 1.54) is 43.2 Å². The third-order valence-electron chi connectivity index (χ3n) is 5.73. The molecule has 0 bridgehead atoms. The van der Waals surface area contributed by atoms with Crippen LogP contribution in [0.15, 0.2) is 24.3 Å². The summed E-state index contributed by atoms with van der Waals surface area (Å²) < 4.78 is 0. The molecule has 1 heterocycles. The molecule has 1 aromatic carbocycles. The molecule has 1 amide bonds. The molecule has 1 fully saturated rings. The number of carbonyl (C=O) groups is 1. The number of amides is 1. The minimum atomic E-state index is -0.436. The number of hydrogen-bond acceptors (Lipinski definition) is 4. The quantitative estimate of drug-likeness (QED) is 0.732. The van der Waals surface area contributed by atoms with Crippen LogP contribution < -0.4 is 5.32 Å². The van der Waals surface area contributed by atoms with E-state index < -0.39 is 6.04 Å². The van der Waals surface area contributed by atoms with Gasteiger partial charge < -0.3 is 20.4 Å². The van der Waals surface area contributed by atoms with Gasteiger partial charge in [-0.05, 0) is 36.3 Å². The van der Waals surface area contributed by atoms with Crippen molar-refractivity contribution >= 4 is 5.91 Å². The van der Waals surface area contributed by atoms with Gasteiger partial charge >= 0.3 is 0 Å². The van der Waals surface area contributed by atoms with Crippen molar-refractivity contribution in [3.8, 4) is 0 Å². The Labute approximate surface area is 150 Å². The van der Waals surface area contributed by atoms with Crippen molar-refractivity contribution in [3.63, 3.8) is 0 Å². The lowest BCUT2D eigenvalue weighted by Gasteiger charge is -2.43. The molecule has 1 aliphatic carbocycles. The van der Waals surface area contributed by atoms with E-state index in [0.717, 1.165) is 13.0 Å². The number of nitrogens with one attached hydrogen (secondary N) is 1. The smallest absolute Gasteiger partial charge is 0.237 e. The number of rotatable bonds is 6. The fourth-order valence-corrected chi connectivity index (χ4v) is 4.36. The van der Waals surface area contributed by atoms with Crippen molar-refractivity contribution in [1.82, 2.24) is 10.2 Å². The second kappa shape index (κ2) is 8.79. The first kappa shape index (κ1) is 18.4. The van der Waals surface area contributed by atoms with Gasteiger partial charge in [-0.25, -0.2) is 0 Å². The molecule has 1 atom stereocenters. The van der Waals surface area contributed by atoms with Gasteiger partial charge in [-0.2, -0.15) is 0 Å². The fraction of sp³-hybridized carbons (Fsp3) is 0.650. The van der Waals surface area contributed by atoms with Crippen LogP contribution in [0.25, 0.3) is 0 Å². The summed E-state index contributed by atoms with van der Waals surface area (Å²) in [6.07, 6.45) is 7.07. The van der Waals surface area contributed by atoms with Gasteiger partial charge in [0.05, 0.1) is 31.8 Å². The molecule has 0 radical (unpaired) electrons. The third kappa shape index (κ3) is 4.22. The average molecular weight is 346 g/mol.